The van der Waals surface area contributed by atoms with Crippen molar-refractivity contribution < 1.29 is 19.1 Å². The first-order valence-corrected chi connectivity index (χ1v) is 8.41. The predicted octanol–water partition coefficient (Wildman–Crippen LogP) is 2.61. The number of nitrogens with one attached hydrogen (secondary N) is 2. The van der Waals surface area contributed by atoms with Crippen LogP contribution in [0.4, 0.5) is 0 Å². The number of aryl methyl sites for hydroxylation is 3. The molecular formula is C20H24N2O4. The second-order valence-electron chi connectivity index (χ2n) is 6.07. The normalized spacial score (nSPS) is 10.1. The first-order chi connectivity index (χ1) is 12.4. The maximum Gasteiger partial charge on any atom is 0.276 e. The molecule has 2 aromatic carbocycles. The van der Waals surface area contributed by atoms with Gasteiger partial charge in [0, 0.05) is 0 Å². The third-order valence-electron chi connectivity index (χ3n) is 3.63. The Morgan fingerprint density at radius 3 is 2.38 bits per heavy atom. The Labute approximate surface area is 153 Å². The summed E-state index contributed by atoms with van der Waals surface area (Å²) in [6.07, 6.45) is 0.131. The molecule has 6 nitrogen and oxygen atoms in total. The highest BCUT2D eigenvalue weighted by molar-refractivity contribution is 5.82. The van der Waals surface area contributed by atoms with Crippen molar-refractivity contribution in [3.05, 3.63) is 59.2 Å². The SMILES string of the molecule is Cc1cccc(OCC(=O)NNC(=O)CCOc2cc(C)ccc2C)c1. The molecule has 2 amide bonds. The summed E-state index contributed by atoms with van der Waals surface area (Å²) in [7, 11) is 0. The van der Waals surface area contributed by atoms with Gasteiger partial charge in [-0.05, 0) is 55.7 Å². The summed E-state index contributed by atoms with van der Waals surface area (Å²) >= 11 is 0. The van der Waals surface area contributed by atoms with Gasteiger partial charge in [0.25, 0.3) is 5.91 Å². The van der Waals surface area contributed by atoms with Crippen molar-refractivity contribution in [2.75, 3.05) is 13.2 Å². The van der Waals surface area contributed by atoms with Gasteiger partial charge in [0.1, 0.15) is 11.5 Å². The van der Waals surface area contributed by atoms with E-state index in [0.717, 1.165) is 22.4 Å². The number of hydrazine groups is 1. The molecule has 0 bridgehead atoms. The Morgan fingerprint density at radius 2 is 1.62 bits per heavy atom. The van der Waals surface area contributed by atoms with Gasteiger partial charge < -0.3 is 9.47 Å². The summed E-state index contributed by atoms with van der Waals surface area (Å²) in [6, 6.07) is 13.3. The number of ether oxygens (including phenoxy) is 2. The van der Waals surface area contributed by atoms with Gasteiger partial charge in [-0.15, -0.1) is 0 Å². The van der Waals surface area contributed by atoms with E-state index in [1.165, 1.54) is 0 Å². The second-order valence-corrected chi connectivity index (χ2v) is 6.07. The Hall–Kier alpha value is -3.02. The topological polar surface area (TPSA) is 76.7 Å². The number of carbonyl (C=O) groups excluding carboxylic acids is 2. The minimum atomic E-state index is -0.435. The molecule has 0 fully saturated rings. The van der Waals surface area contributed by atoms with E-state index >= 15 is 0 Å². The average Bonchev–Trinajstić information content (AvgIpc) is 2.61. The van der Waals surface area contributed by atoms with Crippen LogP contribution >= 0.6 is 0 Å². The standard InChI is InChI=1S/C20H24N2O4/c1-14-5-4-6-17(11-14)26-13-20(24)22-21-19(23)9-10-25-18-12-15(2)7-8-16(18)3/h4-8,11-12H,9-10,13H2,1-3H3,(H,21,23)(H,22,24). The fraction of sp³-hybridized carbons (Fsp3) is 0.300. The quantitative estimate of drug-likeness (QED) is 0.748. The molecule has 0 aliphatic carbocycles. The zero-order chi connectivity index (χ0) is 18.9. The molecule has 0 radical (unpaired) electrons. The summed E-state index contributed by atoms with van der Waals surface area (Å²) in [5, 5.41) is 0. The first kappa shape index (κ1) is 19.3. The van der Waals surface area contributed by atoms with Gasteiger partial charge in [0.05, 0.1) is 13.0 Å². The van der Waals surface area contributed by atoms with E-state index < -0.39 is 5.91 Å². The van der Waals surface area contributed by atoms with Crippen LogP contribution in [-0.4, -0.2) is 25.0 Å². The number of hydrogen-bond donors (Lipinski definition) is 2. The zero-order valence-corrected chi connectivity index (χ0v) is 15.3. The molecule has 0 saturated heterocycles. The molecule has 138 valence electrons. The van der Waals surface area contributed by atoms with Gasteiger partial charge in [-0.25, -0.2) is 0 Å². The summed E-state index contributed by atoms with van der Waals surface area (Å²) in [6.45, 7) is 5.92. The van der Waals surface area contributed by atoms with Crippen LogP contribution in [-0.2, 0) is 9.59 Å². The van der Waals surface area contributed by atoms with Gasteiger partial charge in [-0.1, -0.05) is 24.3 Å². The molecule has 0 aromatic heterocycles. The molecule has 0 unspecified atom stereocenters. The third-order valence-corrected chi connectivity index (χ3v) is 3.63. The summed E-state index contributed by atoms with van der Waals surface area (Å²) in [4.78, 5) is 23.5. The number of carbonyl (C=O) groups is 2. The van der Waals surface area contributed by atoms with E-state index in [9.17, 15) is 9.59 Å². The van der Waals surface area contributed by atoms with E-state index in [1.54, 1.807) is 6.07 Å². The van der Waals surface area contributed by atoms with Gasteiger partial charge in [-0.3, -0.25) is 20.4 Å². The molecule has 6 heteroatoms. The van der Waals surface area contributed by atoms with Crippen molar-refractivity contribution in [2.24, 2.45) is 0 Å². The average molecular weight is 356 g/mol. The third kappa shape index (κ3) is 6.47. The highest BCUT2D eigenvalue weighted by Gasteiger charge is 2.07. The fourth-order valence-electron chi connectivity index (χ4n) is 2.21. The van der Waals surface area contributed by atoms with Crippen LogP contribution in [0.5, 0.6) is 11.5 Å². The van der Waals surface area contributed by atoms with Crippen LogP contribution in [0.2, 0.25) is 0 Å². The van der Waals surface area contributed by atoms with Crippen molar-refractivity contribution in [3.63, 3.8) is 0 Å². The van der Waals surface area contributed by atoms with Crippen LogP contribution in [0.3, 0.4) is 0 Å². The van der Waals surface area contributed by atoms with Gasteiger partial charge >= 0.3 is 0 Å². The summed E-state index contributed by atoms with van der Waals surface area (Å²) < 4.78 is 11.0. The van der Waals surface area contributed by atoms with Crippen LogP contribution in [0.15, 0.2) is 42.5 Å². The lowest BCUT2D eigenvalue weighted by Gasteiger charge is -2.11. The first-order valence-electron chi connectivity index (χ1n) is 8.41. The molecule has 0 heterocycles. The van der Waals surface area contributed by atoms with E-state index in [2.05, 4.69) is 10.9 Å². The maximum atomic E-state index is 11.8. The lowest BCUT2D eigenvalue weighted by molar-refractivity contribution is -0.130. The van der Waals surface area contributed by atoms with E-state index in [0.29, 0.717) is 5.75 Å². The van der Waals surface area contributed by atoms with Crippen molar-refractivity contribution >= 4 is 11.8 Å². The van der Waals surface area contributed by atoms with E-state index in [4.69, 9.17) is 9.47 Å². The second kappa shape index (κ2) is 9.46. The summed E-state index contributed by atoms with van der Waals surface area (Å²) in [5.74, 6) is 0.594. The molecule has 2 N–H and O–H groups in total. The van der Waals surface area contributed by atoms with Crippen molar-refractivity contribution in [2.45, 2.75) is 27.2 Å². The number of amides is 2. The number of rotatable bonds is 7. The Balaban J connectivity index is 1.65. The molecule has 26 heavy (non-hydrogen) atoms. The van der Waals surface area contributed by atoms with Crippen molar-refractivity contribution in [1.82, 2.24) is 10.9 Å². The van der Waals surface area contributed by atoms with Crippen LogP contribution < -0.4 is 20.3 Å². The zero-order valence-electron chi connectivity index (χ0n) is 15.3. The predicted molar refractivity (Wildman–Crippen MR) is 99.0 cm³/mol. The summed E-state index contributed by atoms with van der Waals surface area (Å²) in [5.41, 5.74) is 7.81. The smallest absolute Gasteiger partial charge is 0.276 e. The number of hydrogen-bond acceptors (Lipinski definition) is 4. The Kier molecular flexibility index (Phi) is 7.02. The molecular weight excluding hydrogens is 332 g/mol. The van der Waals surface area contributed by atoms with Crippen molar-refractivity contribution in [3.8, 4) is 11.5 Å². The van der Waals surface area contributed by atoms with Crippen LogP contribution in [0.1, 0.15) is 23.1 Å². The molecule has 0 atom stereocenters. The van der Waals surface area contributed by atoms with Gasteiger partial charge in [0.2, 0.25) is 5.91 Å². The largest absolute Gasteiger partial charge is 0.493 e. The Bertz CT molecular complexity index is 774. The van der Waals surface area contributed by atoms with Crippen molar-refractivity contribution in [1.29, 1.82) is 0 Å². The molecule has 0 spiro atoms. The highest BCUT2D eigenvalue weighted by Crippen LogP contribution is 2.19. The number of benzene rings is 2. The monoisotopic (exact) mass is 356 g/mol. The molecule has 2 aromatic rings. The van der Waals surface area contributed by atoms with Gasteiger partial charge in [-0.2, -0.15) is 0 Å². The lowest BCUT2D eigenvalue weighted by Crippen LogP contribution is -2.44. The van der Waals surface area contributed by atoms with E-state index in [1.807, 2.05) is 57.2 Å². The minimum absolute atomic E-state index is 0.131. The fourth-order valence-corrected chi connectivity index (χ4v) is 2.21. The van der Waals surface area contributed by atoms with Crippen LogP contribution in [0, 0.1) is 20.8 Å². The molecule has 0 aliphatic heterocycles. The molecule has 2 rings (SSSR count). The van der Waals surface area contributed by atoms with Gasteiger partial charge in [0.15, 0.2) is 6.61 Å². The molecule has 0 aliphatic rings. The highest BCUT2D eigenvalue weighted by atomic mass is 16.5. The minimum Gasteiger partial charge on any atom is -0.493 e. The lowest BCUT2D eigenvalue weighted by atomic mass is 10.1. The Morgan fingerprint density at radius 1 is 0.885 bits per heavy atom. The van der Waals surface area contributed by atoms with Crippen LogP contribution in [0.25, 0.3) is 0 Å². The maximum absolute atomic E-state index is 11.8. The molecule has 0 saturated carbocycles. The van der Waals surface area contributed by atoms with E-state index in [-0.39, 0.29) is 25.5 Å².